The van der Waals surface area contributed by atoms with E-state index < -0.39 is 0 Å². The normalized spacial score (nSPS) is 18.1. The van der Waals surface area contributed by atoms with Gasteiger partial charge in [0.2, 0.25) is 0 Å². The second-order valence-corrected chi connectivity index (χ2v) is 9.05. The van der Waals surface area contributed by atoms with Crippen LogP contribution in [0, 0.1) is 0 Å². The van der Waals surface area contributed by atoms with Crippen molar-refractivity contribution in [2.75, 3.05) is 11.9 Å². The predicted molar refractivity (Wildman–Crippen MR) is 134 cm³/mol. The standard InChI is InChI=1S/C26H31N7O/c1-5-31-13-12-21(30-31)16-32-23-10-8-19(26(34)27-4)14-22(23)29-25(32)20-9-11-24(28-15-20)33-17(2)6-7-18(33)3/h8-15,17-18H,5-7,16H2,1-4H3,(H,27,34). The lowest BCUT2D eigenvalue weighted by Crippen LogP contribution is -2.33. The number of anilines is 1. The molecule has 1 fully saturated rings. The quantitative estimate of drug-likeness (QED) is 0.471. The molecular formula is C26H31N7O. The first-order valence-corrected chi connectivity index (χ1v) is 12.0. The molecule has 1 amide bonds. The predicted octanol–water partition coefficient (Wildman–Crippen LogP) is 4.10. The van der Waals surface area contributed by atoms with E-state index in [1.807, 2.05) is 41.3 Å². The van der Waals surface area contributed by atoms with Crippen LogP contribution in [-0.2, 0) is 13.1 Å². The van der Waals surface area contributed by atoms with Crippen molar-refractivity contribution < 1.29 is 4.79 Å². The van der Waals surface area contributed by atoms with Crippen molar-refractivity contribution in [1.82, 2.24) is 29.6 Å². The minimum atomic E-state index is -0.125. The summed E-state index contributed by atoms with van der Waals surface area (Å²) < 4.78 is 4.08. The molecule has 4 heterocycles. The number of amides is 1. The van der Waals surface area contributed by atoms with Crippen LogP contribution in [-0.4, -0.2) is 49.4 Å². The number of nitrogens with one attached hydrogen (secondary N) is 1. The first kappa shape index (κ1) is 22.1. The average Bonchev–Trinajstić information content (AvgIpc) is 3.56. The number of carbonyl (C=O) groups excluding carboxylic acids is 1. The van der Waals surface area contributed by atoms with Gasteiger partial charge >= 0.3 is 0 Å². The summed E-state index contributed by atoms with van der Waals surface area (Å²) in [6.07, 6.45) is 6.29. The highest BCUT2D eigenvalue weighted by molar-refractivity contribution is 5.97. The highest BCUT2D eigenvalue weighted by Crippen LogP contribution is 2.31. The van der Waals surface area contributed by atoms with Crippen LogP contribution in [0.4, 0.5) is 5.82 Å². The molecule has 2 unspecified atom stereocenters. The van der Waals surface area contributed by atoms with Gasteiger partial charge in [-0.2, -0.15) is 5.10 Å². The summed E-state index contributed by atoms with van der Waals surface area (Å²) in [7, 11) is 1.63. The van der Waals surface area contributed by atoms with Gasteiger partial charge in [0.25, 0.3) is 5.91 Å². The molecule has 2 atom stereocenters. The molecule has 5 rings (SSSR count). The van der Waals surface area contributed by atoms with Gasteiger partial charge in [0, 0.05) is 49.2 Å². The number of hydrogen-bond acceptors (Lipinski definition) is 5. The Hall–Kier alpha value is -3.68. The summed E-state index contributed by atoms with van der Waals surface area (Å²) in [6, 6.07) is 12.9. The fourth-order valence-electron chi connectivity index (χ4n) is 4.94. The van der Waals surface area contributed by atoms with Gasteiger partial charge in [0.1, 0.15) is 11.6 Å². The van der Waals surface area contributed by atoms with Crippen LogP contribution in [0.25, 0.3) is 22.4 Å². The van der Waals surface area contributed by atoms with Crippen LogP contribution in [0.15, 0.2) is 48.8 Å². The van der Waals surface area contributed by atoms with E-state index >= 15 is 0 Å². The molecule has 1 N–H and O–H groups in total. The Bertz CT molecular complexity index is 1310. The monoisotopic (exact) mass is 457 g/mol. The zero-order valence-corrected chi connectivity index (χ0v) is 20.2. The maximum atomic E-state index is 12.2. The fourth-order valence-corrected chi connectivity index (χ4v) is 4.94. The third-order valence-electron chi connectivity index (χ3n) is 6.80. The maximum absolute atomic E-state index is 12.2. The van der Waals surface area contributed by atoms with Gasteiger partial charge in [-0.1, -0.05) is 0 Å². The van der Waals surface area contributed by atoms with Crippen LogP contribution >= 0.6 is 0 Å². The lowest BCUT2D eigenvalue weighted by atomic mass is 10.2. The van der Waals surface area contributed by atoms with E-state index in [1.54, 1.807) is 7.05 Å². The Morgan fingerprint density at radius 1 is 1.12 bits per heavy atom. The summed E-state index contributed by atoms with van der Waals surface area (Å²) in [4.78, 5) is 24.3. The van der Waals surface area contributed by atoms with Crippen molar-refractivity contribution in [3.8, 4) is 11.4 Å². The number of nitrogens with zero attached hydrogens (tertiary/aromatic N) is 6. The van der Waals surface area contributed by atoms with Crippen LogP contribution < -0.4 is 10.2 Å². The van der Waals surface area contributed by atoms with Crippen molar-refractivity contribution in [3.63, 3.8) is 0 Å². The van der Waals surface area contributed by atoms with E-state index in [4.69, 9.17) is 9.97 Å². The summed E-state index contributed by atoms with van der Waals surface area (Å²) in [6.45, 7) is 8.01. The van der Waals surface area contributed by atoms with Gasteiger partial charge in [0.15, 0.2) is 0 Å². The number of hydrogen-bond donors (Lipinski definition) is 1. The maximum Gasteiger partial charge on any atom is 0.251 e. The van der Waals surface area contributed by atoms with Crippen molar-refractivity contribution >= 4 is 22.8 Å². The van der Waals surface area contributed by atoms with Gasteiger partial charge in [-0.15, -0.1) is 0 Å². The molecule has 1 aromatic carbocycles. The number of rotatable bonds is 6. The van der Waals surface area contributed by atoms with Crippen molar-refractivity contribution in [2.45, 2.75) is 58.8 Å². The minimum absolute atomic E-state index is 0.125. The number of aryl methyl sites for hydroxylation is 1. The van der Waals surface area contributed by atoms with Gasteiger partial charge in [-0.25, -0.2) is 9.97 Å². The Kier molecular flexibility index (Phi) is 5.81. The molecule has 1 aliphatic heterocycles. The second-order valence-electron chi connectivity index (χ2n) is 9.05. The highest BCUT2D eigenvalue weighted by Gasteiger charge is 2.28. The smallest absolute Gasteiger partial charge is 0.251 e. The summed E-state index contributed by atoms with van der Waals surface area (Å²) >= 11 is 0. The summed E-state index contributed by atoms with van der Waals surface area (Å²) in [5.74, 6) is 1.70. The Labute approximate surface area is 199 Å². The molecule has 34 heavy (non-hydrogen) atoms. The highest BCUT2D eigenvalue weighted by atomic mass is 16.1. The Morgan fingerprint density at radius 3 is 2.56 bits per heavy atom. The van der Waals surface area contributed by atoms with E-state index in [-0.39, 0.29) is 5.91 Å². The molecule has 3 aromatic heterocycles. The average molecular weight is 458 g/mol. The molecule has 176 valence electrons. The number of fused-ring (bicyclic) bond motifs is 1. The number of imidazole rings is 1. The Balaban J connectivity index is 1.57. The summed E-state index contributed by atoms with van der Waals surface area (Å²) in [5.41, 5.74) is 4.22. The molecule has 0 radical (unpaired) electrons. The van der Waals surface area contributed by atoms with Crippen molar-refractivity contribution in [1.29, 1.82) is 0 Å². The number of pyridine rings is 1. The van der Waals surface area contributed by atoms with Crippen LogP contribution in [0.3, 0.4) is 0 Å². The Morgan fingerprint density at radius 2 is 1.91 bits per heavy atom. The van der Waals surface area contributed by atoms with E-state index in [0.29, 0.717) is 24.2 Å². The van der Waals surface area contributed by atoms with E-state index in [1.165, 1.54) is 12.8 Å². The number of aromatic nitrogens is 5. The van der Waals surface area contributed by atoms with Crippen molar-refractivity contribution in [3.05, 3.63) is 60.0 Å². The third-order valence-corrected chi connectivity index (χ3v) is 6.80. The first-order chi connectivity index (χ1) is 16.5. The van der Waals surface area contributed by atoms with Crippen LogP contribution in [0.5, 0.6) is 0 Å². The van der Waals surface area contributed by atoms with Gasteiger partial charge in [-0.05, 0) is 70.0 Å². The summed E-state index contributed by atoms with van der Waals surface area (Å²) in [5, 5.41) is 7.36. The van der Waals surface area contributed by atoms with Gasteiger partial charge < -0.3 is 14.8 Å². The zero-order chi connectivity index (χ0) is 23.8. The molecule has 0 saturated carbocycles. The second kappa shape index (κ2) is 8.93. The van der Waals surface area contributed by atoms with Crippen molar-refractivity contribution in [2.24, 2.45) is 0 Å². The third kappa shape index (κ3) is 3.93. The van der Waals surface area contributed by atoms with Crippen LogP contribution in [0.1, 0.15) is 49.7 Å². The van der Waals surface area contributed by atoms with Gasteiger partial charge in [0.05, 0.1) is 23.3 Å². The number of benzene rings is 1. The molecule has 0 aliphatic carbocycles. The van der Waals surface area contributed by atoms with E-state index in [2.05, 4.69) is 52.8 Å². The topological polar surface area (TPSA) is 80.9 Å². The molecule has 4 aromatic rings. The molecule has 8 heteroatoms. The molecule has 1 saturated heterocycles. The minimum Gasteiger partial charge on any atom is -0.355 e. The molecule has 8 nitrogen and oxygen atoms in total. The first-order valence-electron chi connectivity index (χ1n) is 12.0. The fraction of sp³-hybridized carbons (Fsp3) is 0.385. The lowest BCUT2D eigenvalue weighted by Gasteiger charge is -2.27. The number of carbonyl (C=O) groups is 1. The van der Waals surface area contributed by atoms with Crippen LogP contribution in [0.2, 0.25) is 0 Å². The molecule has 0 spiro atoms. The molecule has 1 aliphatic rings. The molecule has 0 bridgehead atoms. The van der Waals surface area contributed by atoms with E-state index in [0.717, 1.165) is 40.5 Å². The SMILES string of the molecule is CCn1ccc(Cn2c(-c3ccc(N4C(C)CCC4C)nc3)nc3cc(C(=O)NC)ccc32)n1. The zero-order valence-electron chi connectivity index (χ0n) is 20.2. The van der Waals surface area contributed by atoms with E-state index in [9.17, 15) is 4.79 Å². The lowest BCUT2D eigenvalue weighted by molar-refractivity contribution is 0.0963. The largest absolute Gasteiger partial charge is 0.355 e. The van der Waals surface area contributed by atoms with Gasteiger partial charge in [-0.3, -0.25) is 9.48 Å². The molecular weight excluding hydrogens is 426 g/mol.